The van der Waals surface area contributed by atoms with Crippen molar-refractivity contribution in [3.63, 3.8) is 0 Å². The van der Waals surface area contributed by atoms with E-state index in [-0.39, 0.29) is 0 Å². The second-order valence-electron chi connectivity index (χ2n) is 2.46. The summed E-state index contributed by atoms with van der Waals surface area (Å²) < 4.78 is 51.4. The van der Waals surface area contributed by atoms with Gasteiger partial charge in [-0.15, -0.1) is 13.2 Å². The number of halogens is 4. The fourth-order valence-corrected chi connectivity index (χ4v) is 0.798. The van der Waals surface area contributed by atoms with Gasteiger partial charge in [0.1, 0.15) is 5.82 Å². The molecule has 78 valence electrons. The molecule has 0 aliphatic heterocycles. The molecule has 7 heteroatoms. The summed E-state index contributed by atoms with van der Waals surface area (Å²) >= 11 is 0. The van der Waals surface area contributed by atoms with E-state index in [1.165, 1.54) is 0 Å². The van der Waals surface area contributed by atoms with Gasteiger partial charge >= 0.3 is 6.36 Å². The lowest BCUT2D eigenvalue weighted by atomic mass is 10.2. The number of nitrogen functional groups attached to an aromatic ring is 2. The van der Waals surface area contributed by atoms with E-state index < -0.39 is 29.3 Å². The molecule has 1 rings (SSSR count). The molecule has 14 heavy (non-hydrogen) atoms. The number of hydrogen-bond acceptors (Lipinski definition) is 3. The van der Waals surface area contributed by atoms with Crippen molar-refractivity contribution in [2.24, 2.45) is 0 Å². The largest absolute Gasteiger partial charge is 0.573 e. The van der Waals surface area contributed by atoms with Gasteiger partial charge in [-0.1, -0.05) is 0 Å². The van der Waals surface area contributed by atoms with Crippen LogP contribution in [-0.4, -0.2) is 6.36 Å². The average Bonchev–Trinajstić information content (AvgIpc) is 1.97. The van der Waals surface area contributed by atoms with Gasteiger partial charge in [0.05, 0.1) is 11.4 Å². The van der Waals surface area contributed by atoms with Crippen molar-refractivity contribution >= 4 is 11.4 Å². The van der Waals surface area contributed by atoms with Crippen LogP contribution >= 0.6 is 0 Å². The Bertz CT molecular complexity index is 350. The SMILES string of the molecule is Nc1cc(OC(F)(F)F)c(N)cc1F. The third-order valence-corrected chi connectivity index (χ3v) is 1.35. The zero-order chi connectivity index (χ0) is 10.9. The van der Waals surface area contributed by atoms with E-state index in [2.05, 4.69) is 4.74 Å². The Hall–Kier alpha value is -1.66. The molecule has 4 N–H and O–H groups in total. The summed E-state index contributed by atoms with van der Waals surface area (Å²) in [5, 5.41) is 0. The Morgan fingerprint density at radius 1 is 1.07 bits per heavy atom. The lowest BCUT2D eigenvalue weighted by Gasteiger charge is -2.11. The van der Waals surface area contributed by atoms with Crippen LogP contribution in [0.15, 0.2) is 12.1 Å². The summed E-state index contributed by atoms with van der Waals surface area (Å²) in [4.78, 5) is 0. The fraction of sp³-hybridized carbons (Fsp3) is 0.143. The molecule has 3 nitrogen and oxygen atoms in total. The molecular weight excluding hydrogens is 204 g/mol. The molecule has 0 unspecified atom stereocenters. The highest BCUT2D eigenvalue weighted by Crippen LogP contribution is 2.31. The quantitative estimate of drug-likeness (QED) is 0.549. The number of ether oxygens (including phenoxy) is 1. The van der Waals surface area contributed by atoms with Gasteiger partial charge in [-0.3, -0.25) is 0 Å². The number of rotatable bonds is 1. The molecular formula is C7H6F4N2O. The maximum absolute atomic E-state index is 12.7. The molecule has 0 fully saturated rings. The molecule has 0 amide bonds. The topological polar surface area (TPSA) is 61.3 Å². The van der Waals surface area contributed by atoms with Gasteiger partial charge < -0.3 is 16.2 Å². The number of benzene rings is 1. The number of nitrogens with two attached hydrogens (primary N) is 2. The van der Waals surface area contributed by atoms with E-state index in [1.807, 2.05) is 0 Å². The van der Waals surface area contributed by atoms with Crippen LogP contribution in [0.2, 0.25) is 0 Å². The summed E-state index contributed by atoms with van der Waals surface area (Å²) in [5.74, 6) is -1.60. The van der Waals surface area contributed by atoms with Crippen LogP contribution in [0.3, 0.4) is 0 Å². The molecule has 1 aromatic rings. The highest BCUT2D eigenvalue weighted by atomic mass is 19.4. The van der Waals surface area contributed by atoms with Gasteiger partial charge in [0, 0.05) is 12.1 Å². The van der Waals surface area contributed by atoms with Crippen LogP contribution in [0.5, 0.6) is 5.75 Å². The van der Waals surface area contributed by atoms with Crippen LogP contribution in [0, 0.1) is 5.82 Å². The number of anilines is 2. The molecule has 0 bridgehead atoms. The Labute approximate surface area is 76.3 Å². The molecule has 0 aliphatic carbocycles. The van der Waals surface area contributed by atoms with Crippen LogP contribution in [0.1, 0.15) is 0 Å². The van der Waals surface area contributed by atoms with Crippen LogP contribution < -0.4 is 16.2 Å². The van der Waals surface area contributed by atoms with Gasteiger partial charge in [-0.25, -0.2) is 4.39 Å². The maximum Gasteiger partial charge on any atom is 0.573 e. The van der Waals surface area contributed by atoms with E-state index in [9.17, 15) is 17.6 Å². The van der Waals surface area contributed by atoms with Gasteiger partial charge in [0.15, 0.2) is 5.75 Å². The highest BCUT2D eigenvalue weighted by Gasteiger charge is 2.32. The Balaban J connectivity index is 3.04. The zero-order valence-corrected chi connectivity index (χ0v) is 6.73. The first-order chi connectivity index (χ1) is 6.29. The lowest BCUT2D eigenvalue weighted by molar-refractivity contribution is -0.274. The van der Waals surface area contributed by atoms with Crippen molar-refractivity contribution < 1.29 is 22.3 Å². The minimum atomic E-state index is -4.88. The fourth-order valence-electron chi connectivity index (χ4n) is 0.798. The Kier molecular flexibility index (Phi) is 2.41. The number of hydrogen-bond donors (Lipinski definition) is 2. The summed E-state index contributed by atoms with van der Waals surface area (Å²) in [6.07, 6.45) is -4.88. The first kappa shape index (κ1) is 10.4. The molecule has 0 radical (unpaired) electrons. The second-order valence-corrected chi connectivity index (χ2v) is 2.46. The van der Waals surface area contributed by atoms with Gasteiger partial charge in [-0.2, -0.15) is 0 Å². The second kappa shape index (κ2) is 3.24. The molecule has 0 atom stereocenters. The third kappa shape index (κ3) is 2.41. The molecule has 0 heterocycles. The minimum Gasteiger partial charge on any atom is -0.403 e. The summed E-state index contributed by atoms with van der Waals surface area (Å²) in [6, 6.07) is 1.34. The minimum absolute atomic E-state index is 0.460. The van der Waals surface area contributed by atoms with E-state index in [0.29, 0.717) is 12.1 Å². The predicted octanol–water partition coefficient (Wildman–Crippen LogP) is 1.89. The summed E-state index contributed by atoms with van der Waals surface area (Å²) in [6.45, 7) is 0. The van der Waals surface area contributed by atoms with E-state index >= 15 is 0 Å². The first-order valence-corrected chi connectivity index (χ1v) is 3.40. The molecule has 1 aromatic carbocycles. The molecule has 0 aromatic heterocycles. The molecule has 0 aliphatic rings. The molecule has 0 saturated carbocycles. The van der Waals surface area contributed by atoms with Crippen molar-refractivity contribution in [2.45, 2.75) is 6.36 Å². The van der Waals surface area contributed by atoms with Gasteiger partial charge in [0.25, 0.3) is 0 Å². The standard InChI is InChI=1S/C7H6F4N2O/c8-3-1-5(13)6(2-4(3)12)14-7(9,10)11/h1-2H,12-13H2. The summed E-state index contributed by atoms with van der Waals surface area (Å²) in [5.41, 5.74) is 9.18. The lowest BCUT2D eigenvalue weighted by Crippen LogP contribution is -2.18. The smallest absolute Gasteiger partial charge is 0.403 e. The van der Waals surface area contributed by atoms with Crippen molar-refractivity contribution in [1.29, 1.82) is 0 Å². The van der Waals surface area contributed by atoms with Crippen LogP contribution in [-0.2, 0) is 0 Å². The predicted molar refractivity (Wildman–Crippen MR) is 41.9 cm³/mol. The van der Waals surface area contributed by atoms with Crippen molar-refractivity contribution in [3.8, 4) is 5.75 Å². The first-order valence-electron chi connectivity index (χ1n) is 3.40. The van der Waals surface area contributed by atoms with E-state index in [4.69, 9.17) is 11.5 Å². The third-order valence-electron chi connectivity index (χ3n) is 1.35. The summed E-state index contributed by atoms with van der Waals surface area (Å²) in [7, 11) is 0. The average molecular weight is 210 g/mol. The normalized spacial score (nSPS) is 11.4. The molecule has 0 spiro atoms. The van der Waals surface area contributed by atoms with Gasteiger partial charge in [-0.05, 0) is 0 Å². The van der Waals surface area contributed by atoms with Crippen LogP contribution in [0.4, 0.5) is 28.9 Å². The maximum atomic E-state index is 12.7. The monoisotopic (exact) mass is 210 g/mol. The van der Waals surface area contributed by atoms with Crippen molar-refractivity contribution in [3.05, 3.63) is 17.9 Å². The Morgan fingerprint density at radius 3 is 2.14 bits per heavy atom. The Morgan fingerprint density at radius 2 is 1.64 bits per heavy atom. The van der Waals surface area contributed by atoms with E-state index in [1.54, 1.807) is 0 Å². The zero-order valence-electron chi connectivity index (χ0n) is 6.73. The van der Waals surface area contributed by atoms with Crippen molar-refractivity contribution in [1.82, 2.24) is 0 Å². The molecule has 0 saturated heterocycles. The van der Waals surface area contributed by atoms with Gasteiger partial charge in [0.2, 0.25) is 0 Å². The highest BCUT2D eigenvalue weighted by molar-refractivity contribution is 5.60. The van der Waals surface area contributed by atoms with Crippen molar-refractivity contribution in [2.75, 3.05) is 11.5 Å². The van der Waals surface area contributed by atoms with E-state index in [0.717, 1.165) is 0 Å². The number of alkyl halides is 3. The van der Waals surface area contributed by atoms with Crippen LogP contribution in [0.25, 0.3) is 0 Å².